The highest BCUT2D eigenvalue weighted by Crippen LogP contribution is 2.37. The summed E-state index contributed by atoms with van der Waals surface area (Å²) in [5, 5.41) is 0. The molecule has 1 unspecified atom stereocenters. The summed E-state index contributed by atoms with van der Waals surface area (Å²) in [6.45, 7) is 4.26. The molecule has 0 saturated carbocycles. The Morgan fingerprint density at radius 3 is 2.15 bits per heavy atom. The van der Waals surface area contributed by atoms with E-state index >= 15 is 0 Å². The van der Waals surface area contributed by atoms with Crippen LogP contribution >= 0.6 is 45.2 Å². The van der Waals surface area contributed by atoms with Crippen LogP contribution in [0.15, 0.2) is 78.9 Å². The summed E-state index contributed by atoms with van der Waals surface area (Å²) in [5.41, 5.74) is 6.18. The number of carbonyl (C=O) groups is 1. The number of halogens is 2. The van der Waals surface area contributed by atoms with E-state index in [0.29, 0.717) is 23.5 Å². The average Bonchev–Trinajstić information content (AvgIpc) is 3.24. The number of benzene rings is 3. The zero-order valence-electron chi connectivity index (χ0n) is 18.6. The van der Waals surface area contributed by atoms with Gasteiger partial charge in [0, 0.05) is 20.5 Å². The van der Waals surface area contributed by atoms with Crippen LogP contribution in [0.25, 0.3) is 11.1 Å². The van der Waals surface area contributed by atoms with Crippen LogP contribution in [-0.2, 0) is 4.79 Å². The average molecular weight is 663 g/mol. The minimum absolute atomic E-state index is 0.239. The number of allylic oxidation sites excluding steroid dienone is 1. The molecule has 0 radical (unpaired) electrons. The molecule has 3 nitrogen and oxygen atoms in total. The maximum Gasteiger partial charge on any atom is 0.222 e. The Labute approximate surface area is 223 Å². The summed E-state index contributed by atoms with van der Waals surface area (Å²) in [5.74, 6) is 1.07. The predicted octanol–water partition coefficient (Wildman–Crippen LogP) is 7.08. The Morgan fingerprint density at radius 2 is 1.58 bits per heavy atom. The quantitative estimate of drug-likeness (QED) is 0.147. The lowest BCUT2D eigenvalue weighted by Crippen LogP contribution is -2.29. The third-order valence-electron chi connectivity index (χ3n) is 5.83. The number of likely N-dealkylation sites (tertiary alicyclic amines) is 1. The highest BCUT2D eigenvalue weighted by molar-refractivity contribution is 14.1. The topological polar surface area (TPSA) is 29.5 Å². The molecule has 1 aliphatic rings. The third kappa shape index (κ3) is 6.18. The fourth-order valence-corrected chi connectivity index (χ4v) is 5.25. The summed E-state index contributed by atoms with van der Waals surface area (Å²) in [6, 6.07) is 27.7. The molecule has 1 saturated heterocycles. The largest absolute Gasteiger partial charge is 0.492 e. The van der Waals surface area contributed by atoms with Crippen LogP contribution in [-0.4, -0.2) is 34.4 Å². The maximum atomic E-state index is 11.8. The molecule has 0 spiro atoms. The zero-order chi connectivity index (χ0) is 23.2. The molecule has 1 atom stereocenters. The third-order valence-corrected chi connectivity index (χ3v) is 7.17. The Hall–Kier alpha value is -1.87. The molecule has 0 N–H and O–H groups in total. The lowest BCUT2D eigenvalue weighted by atomic mass is 9.88. The minimum Gasteiger partial charge on any atom is -0.492 e. The summed E-state index contributed by atoms with van der Waals surface area (Å²) in [6.07, 6.45) is 1.63. The Kier molecular flexibility index (Phi) is 8.46. The van der Waals surface area contributed by atoms with Gasteiger partial charge in [-0.25, -0.2) is 0 Å². The summed E-state index contributed by atoms with van der Waals surface area (Å²) in [4.78, 5) is 13.7. The molecule has 3 aromatic rings. The van der Waals surface area contributed by atoms with E-state index in [1.807, 2.05) is 17.0 Å². The van der Waals surface area contributed by atoms with E-state index in [1.165, 1.54) is 31.4 Å². The summed E-state index contributed by atoms with van der Waals surface area (Å²) >= 11 is 4.86. The smallest absolute Gasteiger partial charge is 0.222 e. The van der Waals surface area contributed by atoms with Crippen molar-refractivity contribution in [2.24, 2.45) is 0 Å². The van der Waals surface area contributed by atoms with Crippen LogP contribution < -0.4 is 4.74 Å². The molecule has 4 rings (SSSR count). The van der Waals surface area contributed by atoms with Gasteiger partial charge < -0.3 is 9.64 Å². The van der Waals surface area contributed by atoms with E-state index in [0.717, 1.165) is 18.7 Å². The normalized spacial score (nSPS) is 15.4. The molecule has 1 amide bonds. The van der Waals surface area contributed by atoms with Crippen molar-refractivity contribution >= 4 is 62.2 Å². The second kappa shape index (κ2) is 11.5. The van der Waals surface area contributed by atoms with E-state index in [2.05, 4.69) is 119 Å². The van der Waals surface area contributed by atoms with Crippen LogP contribution in [0.3, 0.4) is 0 Å². The Balaban J connectivity index is 1.64. The number of rotatable bonds is 8. The monoisotopic (exact) mass is 663 g/mol. The molecular weight excluding hydrogens is 636 g/mol. The van der Waals surface area contributed by atoms with Gasteiger partial charge in [0.1, 0.15) is 12.4 Å². The molecule has 1 fully saturated rings. The molecule has 3 aromatic carbocycles. The van der Waals surface area contributed by atoms with Gasteiger partial charge in [-0.1, -0.05) is 77.2 Å². The maximum absolute atomic E-state index is 11.8. The predicted molar refractivity (Wildman–Crippen MR) is 153 cm³/mol. The fourth-order valence-electron chi connectivity index (χ4n) is 4.22. The van der Waals surface area contributed by atoms with Gasteiger partial charge in [-0.3, -0.25) is 4.79 Å². The lowest BCUT2D eigenvalue weighted by Gasteiger charge is -2.20. The van der Waals surface area contributed by atoms with E-state index in [1.54, 1.807) is 0 Å². The van der Waals surface area contributed by atoms with Crippen molar-refractivity contribution in [3.8, 4) is 5.75 Å². The first-order chi connectivity index (χ1) is 16.0. The van der Waals surface area contributed by atoms with Gasteiger partial charge in [-0.2, -0.15) is 0 Å². The van der Waals surface area contributed by atoms with Crippen molar-refractivity contribution in [3.63, 3.8) is 0 Å². The minimum atomic E-state index is 0.239. The number of carbonyl (C=O) groups excluding carboxylic acids is 1. The van der Waals surface area contributed by atoms with Gasteiger partial charge in [0.15, 0.2) is 0 Å². The Morgan fingerprint density at radius 1 is 0.939 bits per heavy atom. The number of hydrogen-bond acceptors (Lipinski definition) is 2. The van der Waals surface area contributed by atoms with E-state index in [4.69, 9.17) is 4.74 Å². The van der Waals surface area contributed by atoms with Gasteiger partial charge in [-0.05, 0) is 88.0 Å². The highest BCUT2D eigenvalue weighted by Gasteiger charge is 2.20. The van der Waals surface area contributed by atoms with Crippen LogP contribution in [0.2, 0.25) is 0 Å². The van der Waals surface area contributed by atoms with Crippen molar-refractivity contribution in [2.75, 3.05) is 19.7 Å². The molecule has 1 heterocycles. The lowest BCUT2D eigenvalue weighted by molar-refractivity contribution is -0.128. The van der Waals surface area contributed by atoms with Gasteiger partial charge >= 0.3 is 0 Å². The molecule has 0 bridgehead atoms. The van der Waals surface area contributed by atoms with Crippen molar-refractivity contribution < 1.29 is 9.53 Å². The fraction of sp³-hybridized carbons (Fsp3) is 0.250. The molecule has 5 heteroatoms. The first kappa shape index (κ1) is 24.3. The van der Waals surface area contributed by atoms with Crippen LogP contribution in [0, 0.1) is 3.57 Å². The van der Waals surface area contributed by atoms with E-state index < -0.39 is 0 Å². The van der Waals surface area contributed by atoms with E-state index in [9.17, 15) is 4.79 Å². The molecule has 0 aliphatic carbocycles. The standard InChI is InChI=1S/C28H27I2NO2/c1-20(29)27(21-6-3-2-4-7-21)28(22-9-13-24(30)14-10-22)23-11-15-25(16-12-23)33-19-18-31-17-5-8-26(31)32/h2-4,6-7,9-16,20H,5,8,17-19H2,1H3. The SMILES string of the molecule is CC(I)C(=C(c1ccc(I)cc1)c1ccc(OCCN2CCCC2=O)cc1)c1ccccc1. The Bertz CT molecular complexity index is 1110. The zero-order valence-corrected chi connectivity index (χ0v) is 23.0. The van der Waals surface area contributed by atoms with Crippen LogP contribution in [0.5, 0.6) is 5.75 Å². The van der Waals surface area contributed by atoms with Gasteiger partial charge in [0.05, 0.1) is 6.54 Å². The summed E-state index contributed by atoms with van der Waals surface area (Å²) < 4.78 is 7.50. The number of alkyl halides is 1. The molecule has 170 valence electrons. The second-order valence-corrected chi connectivity index (χ2v) is 11.2. The molecule has 0 aromatic heterocycles. The van der Waals surface area contributed by atoms with Crippen molar-refractivity contribution in [2.45, 2.75) is 23.7 Å². The molecule has 33 heavy (non-hydrogen) atoms. The van der Waals surface area contributed by atoms with Crippen molar-refractivity contribution in [1.82, 2.24) is 4.90 Å². The van der Waals surface area contributed by atoms with Gasteiger partial charge in [0.2, 0.25) is 5.91 Å². The number of amides is 1. The van der Waals surface area contributed by atoms with E-state index in [-0.39, 0.29) is 5.91 Å². The van der Waals surface area contributed by atoms with Gasteiger partial charge in [-0.15, -0.1) is 0 Å². The second-order valence-electron chi connectivity index (χ2n) is 8.13. The van der Waals surface area contributed by atoms with Crippen LogP contribution in [0.4, 0.5) is 0 Å². The first-order valence-corrected chi connectivity index (χ1v) is 13.6. The first-order valence-electron chi connectivity index (χ1n) is 11.2. The highest BCUT2D eigenvalue weighted by atomic mass is 127. The van der Waals surface area contributed by atoms with Crippen LogP contribution in [0.1, 0.15) is 36.5 Å². The van der Waals surface area contributed by atoms with Gasteiger partial charge in [0.25, 0.3) is 0 Å². The van der Waals surface area contributed by atoms with Crippen molar-refractivity contribution in [1.29, 1.82) is 0 Å². The number of nitrogens with zero attached hydrogens (tertiary/aromatic N) is 1. The molecular formula is C28H27I2NO2. The number of hydrogen-bond donors (Lipinski definition) is 0. The molecule has 1 aliphatic heterocycles. The number of ether oxygens (including phenoxy) is 1. The summed E-state index contributed by atoms with van der Waals surface area (Å²) in [7, 11) is 0. The van der Waals surface area contributed by atoms with Crippen molar-refractivity contribution in [3.05, 3.63) is 99.1 Å².